The van der Waals surface area contributed by atoms with Crippen molar-refractivity contribution in [3.63, 3.8) is 0 Å². The van der Waals surface area contributed by atoms with Crippen LogP contribution in [0.2, 0.25) is 0 Å². The van der Waals surface area contributed by atoms with Gasteiger partial charge in [0.05, 0.1) is 17.2 Å². The molecule has 1 atom stereocenters. The second-order valence-corrected chi connectivity index (χ2v) is 5.98. The van der Waals surface area contributed by atoms with Crippen molar-refractivity contribution >= 4 is 11.6 Å². The van der Waals surface area contributed by atoms with E-state index >= 15 is 0 Å². The van der Waals surface area contributed by atoms with Crippen LogP contribution in [0.15, 0.2) is 52.9 Å². The van der Waals surface area contributed by atoms with Crippen LogP contribution in [0.3, 0.4) is 0 Å². The molecule has 1 heterocycles. The van der Waals surface area contributed by atoms with Crippen LogP contribution in [-0.4, -0.2) is 16.1 Å². The van der Waals surface area contributed by atoms with Crippen molar-refractivity contribution in [3.8, 4) is 11.5 Å². The maximum atomic E-state index is 12.7. The third-order valence-electron chi connectivity index (χ3n) is 4.22. The summed E-state index contributed by atoms with van der Waals surface area (Å²) in [5.41, 5.74) is 3.62. The molecular weight excluding hydrogens is 314 g/mol. The van der Waals surface area contributed by atoms with Crippen LogP contribution in [0.4, 0.5) is 5.69 Å². The van der Waals surface area contributed by atoms with E-state index in [2.05, 4.69) is 34.6 Å². The number of hydrogen-bond acceptors (Lipinski definition) is 4. The standard InChI is InChI=1S/C20H21N3O2/c1-4-15-9-11-16(12-10-15)13(2)19(24)21-18-8-6-5-7-17(18)20-23-22-14(3)25-20/h5-13H,4H2,1-3H3,(H,21,24)/t13-/m1/s1. The number of carbonyl (C=O) groups excluding carboxylic acids is 1. The van der Waals surface area contributed by atoms with Crippen molar-refractivity contribution in [1.82, 2.24) is 10.2 Å². The molecule has 128 valence electrons. The van der Waals surface area contributed by atoms with E-state index in [4.69, 9.17) is 4.42 Å². The van der Waals surface area contributed by atoms with Gasteiger partial charge in [-0.15, -0.1) is 10.2 Å². The van der Waals surface area contributed by atoms with Gasteiger partial charge < -0.3 is 9.73 Å². The Balaban J connectivity index is 1.81. The quantitative estimate of drug-likeness (QED) is 0.752. The first-order chi connectivity index (χ1) is 12.1. The molecule has 5 nitrogen and oxygen atoms in total. The van der Waals surface area contributed by atoms with Gasteiger partial charge in [-0.2, -0.15) is 0 Å². The van der Waals surface area contributed by atoms with Gasteiger partial charge in [0.2, 0.25) is 17.7 Å². The van der Waals surface area contributed by atoms with Gasteiger partial charge in [-0.1, -0.05) is 43.3 Å². The van der Waals surface area contributed by atoms with E-state index in [0.29, 0.717) is 23.0 Å². The average molecular weight is 335 g/mol. The number of nitrogens with one attached hydrogen (secondary N) is 1. The molecule has 5 heteroatoms. The molecule has 2 aromatic carbocycles. The number of hydrogen-bond donors (Lipinski definition) is 1. The van der Waals surface area contributed by atoms with Crippen LogP contribution in [0.5, 0.6) is 0 Å². The van der Waals surface area contributed by atoms with Gasteiger partial charge in [0, 0.05) is 6.92 Å². The predicted octanol–water partition coefficient (Wildman–Crippen LogP) is 4.35. The first kappa shape index (κ1) is 16.9. The lowest BCUT2D eigenvalue weighted by atomic mass is 9.98. The molecule has 0 fully saturated rings. The molecule has 0 saturated carbocycles. The second-order valence-electron chi connectivity index (χ2n) is 5.98. The molecule has 0 aliphatic heterocycles. The molecule has 0 aliphatic rings. The highest BCUT2D eigenvalue weighted by molar-refractivity contribution is 5.98. The van der Waals surface area contributed by atoms with E-state index in [-0.39, 0.29) is 11.8 Å². The zero-order valence-corrected chi connectivity index (χ0v) is 14.6. The topological polar surface area (TPSA) is 68.0 Å². The lowest BCUT2D eigenvalue weighted by Gasteiger charge is -2.14. The number of benzene rings is 2. The fraction of sp³-hybridized carbons (Fsp3) is 0.250. The highest BCUT2D eigenvalue weighted by Gasteiger charge is 2.18. The lowest BCUT2D eigenvalue weighted by Crippen LogP contribution is -2.19. The molecule has 0 bridgehead atoms. The molecule has 3 aromatic rings. The summed E-state index contributed by atoms with van der Waals surface area (Å²) in [7, 11) is 0. The minimum atomic E-state index is -0.261. The number of nitrogens with zero attached hydrogens (tertiary/aromatic N) is 2. The Morgan fingerprint density at radius 2 is 1.84 bits per heavy atom. The summed E-state index contributed by atoms with van der Waals surface area (Å²) in [6.07, 6.45) is 0.984. The van der Waals surface area contributed by atoms with Gasteiger partial charge >= 0.3 is 0 Å². The van der Waals surface area contributed by atoms with E-state index in [1.54, 1.807) is 6.92 Å². The van der Waals surface area contributed by atoms with Gasteiger partial charge in [-0.05, 0) is 36.6 Å². The second kappa shape index (κ2) is 7.30. The number of para-hydroxylation sites is 1. The smallest absolute Gasteiger partial charge is 0.249 e. The first-order valence-corrected chi connectivity index (χ1v) is 8.37. The third-order valence-corrected chi connectivity index (χ3v) is 4.22. The van der Waals surface area contributed by atoms with Crippen molar-refractivity contribution in [2.75, 3.05) is 5.32 Å². The number of rotatable bonds is 5. The van der Waals surface area contributed by atoms with Crippen LogP contribution in [0.1, 0.15) is 36.8 Å². The van der Waals surface area contributed by atoms with Crippen LogP contribution >= 0.6 is 0 Å². The Kier molecular flexibility index (Phi) is 4.93. The summed E-state index contributed by atoms with van der Waals surface area (Å²) in [6, 6.07) is 15.6. The monoisotopic (exact) mass is 335 g/mol. The number of aromatic nitrogens is 2. The van der Waals surface area contributed by atoms with Gasteiger partial charge in [-0.3, -0.25) is 4.79 Å². The Hall–Kier alpha value is -2.95. The van der Waals surface area contributed by atoms with Crippen LogP contribution in [-0.2, 0) is 11.2 Å². The van der Waals surface area contributed by atoms with E-state index < -0.39 is 0 Å². The number of amides is 1. The van der Waals surface area contributed by atoms with Crippen molar-refractivity contribution in [3.05, 3.63) is 65.5 Å². The Bertz CT molecular complexity index is 869. The van der Waals surface area contributed by atoms with E-state index in [1.165, 1.54) is 5.56 Å². The molecule has 0 spiro atoms. The van der Waals surface area contributed by atoms with Crippen molar-refractivity contribution in [1.29, 1.82) is 0 Å². The molecule has 0 saturated heterocycles. The average Bonchev–Trinajstić information content (AvgIpc) is 3.07. The van der Waals surface area contributed by atoms with Gasteiger partial charge in [0.15, 0.2) is 0 Å². The predicted molar refractivity (Wildman–Crippen MR) is 97.3 cm³/mol. The Morgan fingerprint density at radius 3 is 2.48 bits per heavy atom. The lowest BCUT2D eigenvalue weighted by molar-refractivity contribution is -0.117. The van der Waals surface area contributed by atoms with Gasteiger partial charge in [0.1, 0.15) is 0 Å². The van der Waals surface area contributed by atoms with E-state index in [0.717, 1.165) is 12.0 Å². The summed E-state index contributed by atoms with van der Waals surface area (Å²) in [4.78, 5) is 12.7. The van der Waals surface area contributed by atoms with Gasteiger partial charge in [0.25, 0.3) is 0 Å². The molecule has 1 amide bonds. The minimum Gasteiger partial charge on any atom is -0.421 e. The maximum Gasteiger partial charge on any atom is 0.249 e. The van der Waals surface area contributed by atoms with Crippen LogP contribution in [0, 0.1) is 6.92 Å². The Morgan fingerprint density at radius 1 is 1.12 bits per heavy atom. The summed E-state index contributed by atoms with van der Waals surface area (Å²) < 4.78 is 5.49. The summed E-state index contributed by atoms with van der Waals surface area (Å²) >= 11 is 0. The molecule has 0 radical (unpaired) electrons. The van der Waals surface area contributed by atoms with Gasteiger partial charge in [-0.25, -0.2) is 0 Å². The Labute approximate surface area is 147 Å². The normalized spacial score (nSPS) is 12.0. The SMILES string of the molecule is CCc1ccc([C@@H](C)C(=O)Nc2ccccc2-c2nnc(C)o2)cc1. The molecule has 0 aliphatic carbocycles. The molecule has 3 rings (SSSR count). The summed E-state index contributed by atoms with van der Waals surface area (Å²) in [5, 5.41) is 10.9. The summed E-state index contributed by atoms with van der Waals surface area (Å²) in [6.45, 7) is 5.75. The fourth-order valence-electron chi connectivity index (χ4n) is 2.62. The molecule has 1 aromatic heterocycles. The van der Waals surface area contributed by atoms with E-state index in [1.807, 2.05) is 43.3 Å². The number of aryl methyl sites for hydroxylation is 2. The molecule has 25 heavy (non-hydrogen) atoms. The number of anilines is 1. The van der Waals surface area contributed by atoms with Crippen molar-refractivity contribution in [2.24, 2.45) is 0 Å². The van der Waals surface area contributed by atoms with Crippen LogP contribution < -0.4 is 5.32 Å². The third kappa shape index (κ3) is 3.76. The number of carbonyl (C=O) groups is 1. The zero-order chi connectivity index (χ0) is 17.8. The zero-order valence-electron chi connectivity index (χ0n) is 14.6. The first-order valence-electron chi connectivity index (χ1n) is 8.37. The highest BCUT2D eigenvalue weighted by atomic mass is 16.4. The maximum absolute atomic E-state index is 12.7. The van der Waals surface area contributed by atoms with E-state index in [9.17, 15) is 4.79 Å². The van der Waals surface area contributed by atoms with Crippen molar-refractivity contribution in [2.45, 2.75) is 33.1 Å². The highest BCUT2D eigenvalue weighted by Crippen LogP contribution is 2.28. The molecule has 1 N–H and O–H groups in total. The van der Waals surface area contributed by atoms with Crippen LogP contribution in [0.25, 0.3) is 11.5 Å². The molecule has 0 unspecified atom stereocenters. The summed E-state index contributed by atoms with van der Waals surface area (Å²) in [5.74, 6) is 0.546. The minimum absolute atomic E-state index is 0.0760. The van der Waals surface area contributed by atoms with Crippen molar-refractivity contribution < 1.29 is 9.21 Å². The fourth-order valence-corrected chi connectivity index (χ4v) is 2.62. The largest absolute Gasteiger partial charge is 0.421 e. The molecular formula is C20H21N3O2.